The molecule has 1 saturated heterocycles. The monoisotopic (exact) mass is 475 g/mol. The summed E-state index contributed by atoms with van der Waals surface area (Å²) >= 11 is 0. The molecule has 5 atom stereocenters. The zero-order valence-electron chi connectivity index (χ0n) is 19.9. The third-order valence-electron chi connectivity index (χ3n) is 6.62. The largest absolute Gasteiger partial charge is 0.471 e. The Morgan fingerprint density at radius 2 is 1.67 bits per heavy atom. The van der Waals surface area contributed by atoms with Gasteiger partial charge in [-0.3, -0.25) is 14.4 Å². The Labute approximate surface area is 191 Å². The number of esters is 1. The van der Waals surface area contributed by atoms with Crippen LogP contribution in [0.1, 0.15) is 41.5 Å². The van der Waals surface area contributed by atoms with Crippen molar-refractivity contribution in [3.63, 3.8) is 0 Å². The van der Waals surface area contributed by atoms with Crippen molar-refractivity contribution in [2.24, 2.45) is 22.7 Å². The molecule has 0 aromatic carbocycles. The summed E-state index contributed by atoms with van der Waals surface area (Å²) in [5.41, 5.74) is -1.01. The van der Waals surface area contributed by atoms with Crippen LogP contribution in [0.3, 0.4) is 0 Å². The lowest BCUT2D eigenvalue weighted by atomic mass is 9.85. The molecule has 0 radical (unpaired) electrons. The molecule has 2 fully saturated rings. The van der Waals surface area contributed by atoms with Gasteiger partial charge in [0.1, 0.15) is 18.1 Å². The lowest BCUT2D eigenvalue weighted by molar-refractivity contribution is -0.176. The normalized spacial score (nSPS) is 25.4. The minimum Gasteiger partial charge on any atom is -0.467 e. The van der Waals surface area contributed by atoms with Gasteiger partial charge in [0.15, 0.2) is 0 Å². The molecule has 3 amide bonds. The number of rotatable bonds is 6. The van der Waals surface area contributed by atoms with E-state index in [1.165, 1.54) is 32.6 Å². The van der Waals surface area contributed by atoms with Crippen molar-refractivity contribution in [2.75, 3.05) is 13.7 Å². The number of carbonyl (C=O) groups excluding carboxylic acids is 4. The molecule has 8 nitrogen and oxygen atoms in total. The van der Waals surface area contributed by atoms with E-state index in [1.807, 2.05) is 13.8 Å². The molecule has 11 heteroatoms. The molecule has 0 bridgehead atoms. The van der Waals surface area contributed by atoms with Crippen LogP contribution in [0.4, 0.5) is 13.2 Å². The van der Waals surface area contributed by atoms with Gasteiger partial charge in [0.2, 0.25) is 11.8 Å². The fourth-order valence-corrected chi connectivity index (χ4v) is 4.57. The number of piperidine rings is 1. The van der Waals surface area contributed by atoms with Gasteiger partial charge in [-0.2, -0.15) is 13.2 Å². The molecule has 1 heterocycles. The average Bonchev–Trinajstić information content (AvgIpc) is 3.02. The van der Waals surface area contributed by atoms with Gasteiger partial charge in [-0.1, -0.05) is 41.2 Å². The number of halogens is 3. The predicted octanol–water partition coefficient (Wildman–Crippen LogP) is 1.80. The fraction of sp³-hybridized carbons (Fsp3) is 0.727. The number of carbonyl (C=O) groups is 4. The number of fused-ring (bicyclic) bond motifs is 1. The summed E-state index contributed by atoms with van der Waals surface area (Å²) < 4.78 is 43.4. The third kappa shape index (κ3) is 5.16. The van der Waals surface area contributed by atoms with E-state index in [9.17, 15) is 32.3 Å². The first-order valence-electron chi connectivity index (χ1n) is 10.6. The summed E-state index contributed by atoms with van der Waals surface area (Å²) in [5.74, 6) is -4.66. The minimum atomic E-state index is -5.16. The van der Waals surface area contributed by atoms with Crippen LogP contribution in [0.25, 0.3) is 0 Å². The maximum Gasteiger partial charge on any atom is 0.471 e. The zero-order valence-corrected chi connectivity index (χ0v) is 19.9. The molecule has 0 aromatic heterocycles. The van der Waals surface area contributed by atoms with Gasteiger partial charge in [-0.15, -0.1) is 0 Å². The van der Waals surface area contributed by atoms with Crippen LogP contribution in [0.5, 0.6) is 0 Å². The molecule has 1 saturated carbocycles. The van der Waals surface area contributed by atoms with E-state index >= 15 is 0 Å². The molecule has 2 rings (SSSR count). The SMILES string of the molecule is C=C(C)[C@H](NC(=O)[C@@H]1[C@@H]2[C@H](CN1C(=O)[C@@H](NC(=O)C(F)(F)F)C(C)(C)C)C2(C)C)C(=O)OC. The van der Waals surface area contributed by atoms with Gasteiger partial charge in [-0.05, 0) is 35.2 Å². The smallest absolute Gasteiger partial charge is 0.467 e. The van der Waals surface area contributed by atoms with Crippen LogP contribution in [0.2, 0.25) is 0 Å². The lowest BCUT2D eigenvalue weighted by Crippen LogP contribution is -2.61. The first-order chi connectivity index (χ1) is 14.9. The summed E-state index contributed by atoms with van der Waals surface area (Å²) in [7, 11) is 1.16. The number of likely N-dealkylation sites (tertiary alicyclic amines) is 1. The second-order valence-corrected chi connectivity index (χ2v) is 10.5. The van der Waals surface area contributed by atoms with Gasteiger partial charge in [0.25, 0.3) is 0 Å². The Kier molecular flexibility index (Phi) is 6.98. The molecule has 0 aromatic rings. The molecular weight excluding hydrogens is 443 g/mol. The van der Waals surface area contributed by atoms with E-state index in [0.717, 1.165) is 7.11 Å². The number of hydrogen-bond donors (Lipinski definition) is 2. The number of hydrogen-bond acceptors (Lipinski definition) is 5. The molecular formula is C22H32F3N3O5. The minimum absolute atomic E-state index is 0.0439. The molecule has 0 spiro atoms. The van der Waals surface area contributed by atoms with E-state index in [1.54, 1.807) is 5.32 Å². The Bertz CT molecular complexity index is 862. The third-order valence-corrected chi connectivity index (χ3v) is 6.62. The van der Waals surface area contributed by atoms with Crippen molar-refractivity contribution < 1.29 is 37.1 Å². The maximum atomic E-state index is 13.4. The van der Waals surface area contributed by atoms with Gasteiger partial charge in [-0.25, -0.2) is 4.79 Å². The van der Waals surface area contributed by atoms with E-state index < -0.39 is 53.4 Å². The number of nitrogens with one attached hydrogen (secondary N) is 2. The summed E-state index contributed by atoms with van der Waals surface area (Å²) in [6.07, 6.45) is -5.16. The van der Waals surface area contributed by atoms with Gasteiger partial charge >= 0.3 is 18.1 Å². The highest BCUT2D eigenvalue weighted by Gasteiger charge is 2.70. The van der Waals surface area contributed by atoms with Crippen molar-refractivity contribution >= 4 is 23.7 Å². The first kappa shape index (κ1) is 26.7. The van der Waals surface area contributed by atoms with Crippen LogP contribution in [0, 0.1) is 22.7 Å². The Hall–Kier alpha value is -2.59. The van der Waals surface area contributed by atoms with Crippen molar-refractivity contribution in [1.82, 2.24) is 15.5 Å². The number of amides is 3. The Morgan fingerprint density at radius 3 is 2.09 bits per heavy atom. The van der Waals surface area contributed by atoms with E-state index in [0.29, 0.717) is 5.57 Å². The first-order valence-corrected chi connectivity index (χ1v) is 10.6. The standard InChI is InChI=1S/C22H32F3N3O5/c1-10(2)13(18(31)33-8)26-16(29)14-12-11(21(12,6)7)9-28(14)17(30)15(20(3,4)5)27-19(32)22(23,24)25/h11-15H,1,9H2,2-8H3,(H,26,29)(H,27,32)/t11-,12-,13-,14-,15+/m0/s1. The van der Waals surface area contributed by atoms with Crippen LogP contribution < -0.4 is 10.6 Å². The van der Waals surface area contributed by atoms with E-state index in [4.69, 9.17) is 4.74 Å². The maximum absolute atomic E-state index is 13.4. The van der Waals surface area contributed by atoms with Crippen LogP contribution in [-0.2, 0) is 23.9 Å². The second-order valence-electron chi connectivity index (χ2n) is 10.5. The van der Waals surface area contributed by atoms with E-state index in [-0.39, 0.29) is 23.8 Å². The number of methoxy groups -OCH3 is 1. The molecule has 1 aliphatic carbocycles. The summed E-state index contributed by atoms with van der Waals surface area (Å²) in [5, 5.41) is 4.35. The van der Waals surface area contributed by atoms with Crippen molar-refractivity contribution in [3.05, 3.63) is 12.2 Å². The molecule has 2 aliphatic rings. The van der Waals surface area contributed by atoms with Crippen LogP contribution in [0.15, 0.2) is 12.2 Å². The zero-order chi connectivity index (χ0) is 25.7. The molecule has 0 unspecified atom stereocenters. The molecule has 2 N–H and O–H groups in total. The van der Waals surface area contributed by atoms with Crippen LogP contribution in [-0.4, -0.2) is 66.5 Å². The molecule has 186 valence electrons. The fourth-order valence-electron chi connectivity index (χ4n) is 4.57. The van der Waals surface area contributed by atoms with Crippen molar-refractivity contribution in [1.29, 1.82) is 0 Å². The van der Waals surface area contributed by atoms with Gasteiger partial charge in [0.05, 0.1) is 7.11 Å². The highest BCUT2D eigenvalue weighted by atomic mass is 19.4. The van der Waals surface area contributed by atoms with Crippen LogP contribution >= 0.6 is 0 Å². The second kappa shape index (κ2) is 8.64. The van der Waals surface area contributed by atoms with Gasteiger partial charge in [0, 0.05) is 6.54 Å². The summed E-state index contributed by atoms with van der Waals surface area (Å²) in [6, 6.07) is -3.67. The predicted molar refractivity (Wildman–Crippen MR) is 112 cm³/mol. The van der Waals surface area contributed by atoms with Crippen molar-refractivity contribution in [2.45, 2.75) is 65.8 Å². The topological polar surface area (TPSA) is 105 Å². The highest BCUT2D eigenvalue weighted by molar-refractivity contribution is 5.96. The molecule has 33 heavy (non-hydrogen) atoms. The highest BCUT2D eigenvalue weighted by Crippen LogP contribution is 2.65. The van der Waals surface area contributed by atoms with Crippen molar-refractivity contribution in [3.8, 4) is 0 Å². The number of ether oxygens (including phenoxy) is 1. The number of alkyl halides is 3. The molecule has 1 aliphatic heterocycles. The average molecular weight is 476 g/mol. The Balaban J connectivity index is 2.36. The number of nitrogens with zero attached hydrogens (tertiary/aromatic N) is 1. The van der Waals surface area contributed by atoms with Gasteiger partial charge < -0.3 is 20.3 Å². The quantitative estimate of drug-likeness (QED) is 0.450. The summed E-state index contributed by atoms with van der Waals surface area (Å²) in [4.78, 5) is 51.6. The lowest BCUT2D eigenvalue weighted by Gasteiger charge is -2.38. The summed E-state index contributed by atoms with van der Waals surface area (Å²) in [6.45, 7) is 13.8. The van der Waals surface area contributed by atoms with E-state index in [2.05, 4.69) is 11.9 Å². The Morgan fingerprint density at radius 1 is 1.12 bits per heavy atom.